The molecule has 33 heavy (non-hydrogen) atoms. The average Bonchev–Trinajstić information content (AvgIpc) is 3.26. The first-order valence-corrected chi connectivity index (χ1v) is 11.3. The first kappa shape index (κ1) is 22.6. The van der Waals surface area contributed by atoms with Gasteiger partial charge in [-0.05, 0) is 56.5 Å². The molecule has 0 aliphatic carbocycles. The van der Waals surface area contributed by atoms with Crippen LogP contribution in [0.25, 0.3) is 11.3 Å². The summed E-state index contributed by atoms with van der Waals surface area (Å²) in [4.78, 5) is 28.6. The highest BCUT2D eigenvalue weighted by Crippen LogP contribution is 2.28. The third-order valence-electron chi connectivity index (χ3n) is 5.75. The molecular weight excluding hydrogens is 418 g/mol. The monoisotopic (exact) mass is 447 g/mol. The number of ketones is 1. The SMILES string of the molecule is COc1cc(C(C)=O)ccc1OCCCC(=O)Nc1ccc(-c2cn3c(n2)CCCC3)cc1. The maximum atomic E-state index is 12.3. The van der Waals surface area contributed by atoms with E-state index in [1.54, 1.807) is 18.2 Å². The molecule has 0 unspecified atom stereocenters. The summed E-state index contributed by atoms with van der Waals surface area (Å²) < 4.78 is 13.3. The predicted octanol–water partition coefficient (Wildman–Crippen LogP) is 4.90. The van der Waals surface area contributed by atoms with Gasteiger partial charge in [0.2, 0.25) is 5.91 Å². The number of hydrogen-bond donors (Lipinski definition) is 1. The molecule has 172 valence electrons. The Bertz CT molecular complexity index is 1110. The molecule has 1 aliphatic rings. The van der Waals surface area contributed by atoms with Crippen LogP contribution in [0.5, 0.6) is 11.5 Å². The molecule has 7 heteroatoms. The lowest BCUT2D eigenvalue weighted by molar-refractivity contribution is -0.116. The summed E-state index contributed by atoms with van der Waals surface area (Å²) in [6.45, 7) is 2.91. The molecule has 0 bridgehead atoms. The Morgan fingerprint density at radius 2 is 1.91 bits per heavy atom. The average molecular weight is 448 g/mol. The number of aromatic nitrogens is 2. The number of Topliss-reactive ketones (excluding diaryl/α,β-unsaturated/α-hetero) is 1. The highest BCUT2D eigenvalue weighted by Gasteiger charge is 2.13. The number of rotatable bonds is 9. The van der Waals surface area contributed by atoms with Crippen LogP contribution < -0.4 is 14.8 Å². The van der Waals surface area contributed by atoms with Crippen molar-refractivity contribution in [2.24, 2.45) is 0 Å². The van der Waals surface area contributed by atoms with Crippen molar-refractivity contribution in [3.63, 3.8) is 0 Å². The number of carbonyl (C=O) groups excluding carboxylic acids is 2. The van der Waals surface area contributed by atoms with Gasteiger partial charge in [-0.3, -0.25) is 9.59 Å². The third kappa shape index (κ3) is 5.61. The van der Waals surface area contributed by atoms with Crippen LogP contribution in [-0.2, 0) is 17.8 Å². The largest absolute Gasteiger partial charge is 0.493 e. The number of hydrogen-bond acceptors (Lipinski definition) is 5. The Hall–Kier alpha value is -3.61. The van der Waals surface area contributed by atoms with Crippen molar-refractivity contribution < 1.29 is 19.1 Å². The Morgan fingerprint density at radius 3 is 2.64 bits per heavy atom. The number of fused-ring (bicyclic) bond motifs is 1. The fraction of sp³-hybridized carbons (Fsp3) is 0.346. The molecule has 1 aromatic heterocycles. The molecule has 0 radical (unpaired) electrons. The zero-order chi connectivity index (χ0) is 23.2. The second-order valence-electron chi connectivity index (χ2n) is 8.19. The van der Waals surface area contributed by atoms with Crippen LogP contribution in [0.2, 0.25) is 0 Å². The van der Waals surface area contributed by atoms with E-state index < -0.39 is 0 Å². The van der Waals surface area contributed by atoms with Crippen LogP contribution in [0.4, 0.5) is 5.69 Å². The molecule has 1 aliphatic heterocycles. The van der Waals surface area contributed by atoms with Gasteiger partial charge in [-0.25, -0.2) is 4.98 Å². The number of carbonyl (C=O) groups is 2. The van der Waals surface area contributed by atoms with Gasteiger partial charge in [0.05, 0.1) is 19.4 Å². The summed E-state index contributed by atoms with van der Waals surface area (Å²) in [5.41, 5.74) is 3.36. The van der Waals surface area contributed by atoms with E-state index >= 15 is 0 Å². The van der Waals surface area contributed by atoms with E-state index in [1.165, 1.54) is 26.9 Å². The van der Waals surface area contributed by atoms with E-state index in [0.717, 1.165) is 35.7 Å². The fourth-order valence-electron chi connectivity index (χ4n) is 3.92. The number of ether oxygens (including phenoxy) is 2. The van der Waals surface area contributed by atoms with Gasteiger partial charge in [-0.1, -0.05) is 12.1 Å². The van der Waals surface area contributed by atoms with E-state index in [9.17, 15) is 9.59 Å². The van der Waals surface area contributed by atoms with E-state index in [1.807, 2.05) is 24.3 Å². The van der Waals surface area contributed by atoms with Crippen LogP contribution in [-0.4, -0.2) is 35.0 Å². The molecular formula is C26H29N3O4. The third-order valence-corrected chi connectivity index (χ3v) is 5.75. The number of imidazole rings is 1. The summed E-state index contributed by atoms with van der Waals surface area (Å²) in [7, 11) is 1.53. The lowest BCUT2D eigenvalue weighted by atomic mass is 10.1. The molecule has 0 saturated carbocycles. The zero-order valence-corrected chi connectivity index (χ0v) is 19.1. The molecule has 0 atom stereocenters. The summed E-state index contributed by atoms with van der Waals surface area (Å²) in [5.74, 6) is 2.12. The minimum atomic E-state index is -0.0669. The highest BCUT2D eigenvalue weighted by atomic mass is 16.5. The summed E-state index contributed by atoms with van der Waals surface area (Å²) in [6.07, 6.45) is 6.45. The van der Waals surface area contributed by atoms with Crippen molar-refractivity contribution in [3.05, 3.63) is 60.0 Å². The lowest BCUT2D eigenvalue weighted by Crippen LogP contribution is -2.12. The van der Waals surface area contributed by atoms with Gasteiger partial charge in [0, 0.05) is 42.4 Å². The predicted molar refractivity (Wildman–Crippen MR) is 127 cm³/mol. The van der Waals surface area contributed by atoms with Gasteiger partial charge >= 0.3 is 0 Å². The van der Waals surface area contributed by atoms with Gasteiger partial charge in [0.25, 0.3) is 0 Å². The minimum absolute atomic E-state index is 0.0337. The maximum Gasteiger partial charge on any atom is 0.224 e. The molecule has 1 N–H and O–H groups in total. The second kappa shape index (κ2) is 10.3. The quantitative estimate of drug-likeness (QED) is 0.373. The fourth-order valence-corrected chi connectivity index (χ4v) is 3.92. The van der Waals surface area contributed by atoms with Gasteiger partial charge in [0.1, 0.15) is 5.82 Å². The summed E-state index contributed by atoms with van der Waals surface area (Å²) >= 11 is 0. The van der Waals surface area contributed by atoms with E-state index in [2.05, 4.69) is 16.1 Å². The Balaban J connectivity index is 1.25. The number of aryl methyl sites for hydroxylation is 2. The summed E-state index contributed by atoms with van der Waals surface area (Å²) in [6, 6.07) is 12.9. The van der Waals surface area contributed by atoms with Crippen molar-refractivity contribution in [2.75, 3.05) is 19.0 Å². The molecule has 0 saturated heterocycles. The minimum Gasteiger partial charge on any atom is -0.493 e. The highest BCUT2D eigenvalue weighted by molar-refractivity contribution is 5.94. The Morgan fingerprint density at radius 1 is 1.09 bits per heavy atom. The molecule has 4 rings (SSSR count). The van der Waals surface area contributed by atoms with Crippen molar-refractivity contribution in [1.82, 2.24) is 9.55 Å². The van der Waals surface area contributed by atoms with E-state index in [-0.39, 0.29) is 11.7 Å². The molecule has 2 heterocycles. The van der Waals surface area contributed by atoms with Crippen LogP contribution >= 0.6 is 0 Å². The molecule has 0 fully saturated rings. The van der Waals surface area contributed by atoms with Crippen LogP contribution in [0.15, 0.2) is 48.7 Å². The van der Waals surface area contributed by atoms with Crippen molar-refractivity contribution in [1.29, 1.82) is 0 Å². The van der Waals surface area contributed by atoms with Crippen molar-refractivity contribution in [2.45, 2.75) is 45.6 Å². The van der Waals surface area contributed by atoms with Crippen molar-refractivity contribution >= 4 is 17.4 Å². The van der Waals surface area contributed by atoms with Gasteiger partial charge in [-0.15, -0.1) is 0 Å². The lowest BCUT2D eigenvalue weighted by Gasteiger charge is -2.11. The van der Waals surface area contributed by atoms with Gasteiger partial charge in [0.15, 0.2) is 17.3 Å². The van der Waals surface area contributed by atoms with Crippen molar-refractivity contribution in [3.8, 4) is 22.8 Å². The van der Waals surface area contributed by atoms with Crippen LogP contribution in [0.1, 0.15) is 48.8 Å². The Labute approximate surface area is 193 Å². The molecule has 1 amide bonds. The molecule has 2 aromatic carbocycles. The van der Waals surface area contributed by atoms with Crippen LogP contribution in [0, 0.1) is 0 Å². The Kier molecular flexibility index (Phi) is 7.07. The topological polar surface area (TPSA) is 82.5 Å². The number of anilines is 1. The first-order chi connectivity index (χ1) is 16.0. The normalized spacial score (nSPS) is 12.7. The number of nitrogens with zero attached hydrogens (tertiary/aromatic N) is 2. The number of methoxy groups -OCH3 is 1. The molecule has 7 nitrogen and oxygen atoms in total. The van der Waals surface area contributed by atoms with Gasteiger partial charge < -0.3 is 19.4 Å². The number of benzene rings is 2. The zero-order valence-electron chi connectivity index (χ0n) is 19.1. The number of amides is 1. The first-order valence-electron chi connectivity index (χ1n) is 11.3. The van der Waals surface area contributed by atoms with E-state index in [0.29, 0.717) is 36.5 Å². The second-order valence-corrected chi connectivity index (χ2v) is 8.19. The maximum absolute atomic E-state index is 12.3. The van der Waals surface area contributed by atoms with E-state index in [4.69, 9.17) is 14.5 Å². The number of nitrogens with one attached hydrogen (secondary N) is 1. The molecule has 0 spiro atoms. The standard InChI is InChI=1S/C26H29N3O4/c1-18(30)20-10-13-23(24(16-20)32-2)33-15-5-7-26(31)27-21-11-8-19(9-12-21)22-17-29-14-4-3-6-25(29)28-22/h8-13,16-17H,3-7,14-15H2,1-2H3,(H,27,31). The van der Waals surface area contributed by atoms with Gasteiger partial charge in [-0.2, -0.15) is 0 Å². The van der Waals surface area contributed by atoms with Crippen LogP contribution in [0.3, 0.4) is 0 Å². The molecule has 3 aromatic rings. The summed E-state index contributed by atoms with van der Waals surface area (Å²) in [5, 5.41) is 2.93. The smallest absolute Gasteiger partial charge is 0.224 e.